The van der Waals surface area contributed by atoms with Gasteiger partial charge in [0, 0.05) is 18.5 Å². The van der Waals surface area contributed by atoms with Crippen molar-refractivity contribution in [2.75, 3.05) is 19.7 Å². The minimum atomic E-state index is -0.454. The number of hydrogen-bond donors (Lipinski definition) is 1. The van der Waals surface area contributed by atoms with E-state index in [1.807, 2.05) is 45.9 Å². The van der Waals surface area contributed by atoms with Gasteiger partial charge in [-0.1, -0.05) is 31.7 Å². The number of benzene rings is 1. The summed E-state index contributed by atoms with van der Waals surface area (Å²) in [6.07, 6.45) is 2.64. The number of ether oxygens (including phenoxy) is 1. The fourth-order valence-electron chi connectivity index (χ4n) is 3.25. The fraction of sp³-hybridized carbons (Fsp3) is 0.524. The maximum Gasteiger partial charge on any atom is 0.245 e. The Morgan fingerprint density at radius 3 is 2.42 bits per heavy atom. The van der Waals surface area contributed by atoms with Crippen LogP contribution in [0.3, 0.4) is 0 Å². The molecule has 0 saturated carbocycles. The summed E-state index contributed by atoms with van der Waals surface area (Å²) >= 11 is 0. The lowest BCUT2D eigenvalue weighted by Gasteiger charge is -2.38. The van der Waals surface area contributed by atoms with Gasteiger partial charge < -0.3 is 15.0 Å². The molecule has 1 aromatic rings. The summed E-state index contributed by atoms with van der Waals surface area (Å²) in [6, 6.07) is 5.95. The molecule has 1 aliphatic heterocycles. The van der Waals surface area contributed by atoms with E-state index in [0.29, 0.717) is 32.5 Å². The van der Waals surface area contributed by atoms with E-state index in [1.165, 1.54) is 6.08 Å². The Hall–Kier alpha value is -2.30. The highest BCUT2D eigenvalue weighted by atomic mass is 16.5. The topological polar surface area (TPSA) is 58.6 Å². The maximum absolute atomic E-state index is 12.7. The summed E-state index contributed by atoms with van der Waals surface area (Å²) in [5, 5.41) is 3.07. The molecule has 1 aromatic carbocycles. The number of carbonyl (C=O) groups is 2. The first kappa shape index (κ1) is 20.0. The molecule has 1 unspecified atom stereocenters. The minimum absolute atomic E-state index is 0.0285. The van der Waals surface area contributed by atoms with Crippen LogP contribution in [0.1, 0.15) is 37.8 Å². The number of nitrogens with one attached hydrogen (secondary N) is 1. The molecule has 142 valence electrons. The number of amides is 2. The van der Waals surface area contributed by atoms with Crippen molar-refractivity contribution in [3.63, 3.8) is 0 Å². The highest BCUT2D eigenvalue weighted by Crippen LogP contribution is 2.31. The van der Waals surface area contributed by atoms with Crippen LogP contribution in [0.4, 0.5) is 0 Å². The molecule has 1 atom stereocenters. The largest absolute Gasteiger partial charge is 0.491 e. The number of aryl methyl sites for hydroxylation is 2. The monoisotopic (exact) mass is 358 g/mol. The Morgan fingerprint density at radius 2 is 1.88 bits per heavy atom. The average molecular weight is 358 g/mol. The summed E-state index contributed by atoms with van der Waals surface area (Å²) in [6.45, 7) is 13.1. The molecule has 26 heavy (non-hydrogen) atoms. The predicted molar refractivity (Wildman–Crippen MR) is 103 cm³/mol. The molecule has 1 N–H and O–H groups in total. The van der Waals surface area contributed by atoms with Crippen LogP contribution in [-0.4, -0.2) is 42.5 Å². The van der Waals surface area contributed by atoms with Crippen molar-refractivity contribution in [2.45, 2.75) is 46.6 Å². The molecule has 1 aliphatic rings. The van der Waals surface area contributed by atoms with Gasteiger partial charge in [0.15, 0.2) is 0 Å². The van der Waals surface area contributed by atoms with Crippen molar-refractivity contribution in [1.29, 1.82) is 0 Å². The number of piperidine rings is 1. The SMILES string of the molecule is C=CC(=O)N1CCC(C)(C(=O)NC(C)COc2c(C)cccc2C)CC1. The van der Waals surface area contributed by atoms with Gasteiger partial charge in [0.05, 0.1) is 6.04 Å². The standard InChI is InChI=1S/C21H30N2O3/c1-6-18(24)23-12-10-21(5,11-13-23)20(25)22-17(4)14-26-19-15(2)8-7-9-16(19)3/h6-9,17H,1,10-14H2,2-5H3,(H,22,25). The van der Waals surface area contributed by atoms with Crippen LogP contribution >= 0.6 is 0 Å². The van der Waals surface area contributed by atoms with E-state index >= 15 is 0 Å². The van der Waals surface area contributed by atoms with Crippen molar-refractivity contribution in [2.24, 2.45) is 5.41 Å². The Morgan fingerprint density at radius 1 is 1.31 bits per heavy atom. The quantitative estimate of drug-likeness (QED) is 0.795. The van der Waals surface area contributed by atoms with Crippen molar-refractivity contribution in [1.82, 2.24) is 10.2 Å². The Bertz CT molecular complexity index is 656. The highest BCUT2D eigenvalue weighted by molar-refractivity contribution is 5.88. The average Bonchev–Trinajstić information content (AvgIpc) is 2.61. The van der Waals surface area contributed by atoms with Gasteiger partial charge >= 0.3 is 0 Å². The fourth-order valence-corrected chi connectivity index (χ4v) is 3.25. The van der Waals surface area contributed by atoms with Gasteiger partial charge in [-0.25, -0.2) is 0 Å². The van der Waals surface area contributed by atoms with E-state index in [-0.39, 0.29) is 17.9 Å². The summed E-state index contributed by atoms with van der Waals surface area (Å²) in [5.41, 5.74) is 1.73. The van der Waals surface area contributed by atoms with Gasteiger partial charge in [-0.15, -0.1) is 0 Å². The van der Waals surface area contributed by atoms with Crippen LogP contribution < -0.4 is 10.1 Å². The zero-order chi connectivity index (χ0) is 19.3. The first-order chi connectivity index (χ1) is 12.3. The van der Waals surface area contributed by atoms with Gasteiger partial charge in [-0.05, 0) is 50.8 Å². The zero-order valence-corrected chi connectivity index (χ0v) is 16.3. The maximum atomic E-state index is 12.7. The van der Waals surface area contributed by atoms with Crippen LogP contribution in [0.25, 0.3) is 0 Å². The van der Waals surface area contributed by atoms with Gasteiger partial charge in [0.1, 0.15) is 12.4 Å². The van der Waals surface area contributed by atoms with E-state index in [2.05, 4.69) is 11.9 Å². The Kier molecular flexibility index (Phi) is 6.46. The number of hydrogen-bond acceptors (Lipinski definition) is 3. The van der Waals surface area contributed by atoms with Crippen LogP contribution in [0.15, 0.2) is 30.9 Å². The first-order valence-corrected chi connectivity index (χ1v) is 9.18. The highest BCUT2D eigenvalue weighted by Gasteiger charge is 2.38. The van der Waals surface area contributed by atoms with E-state index in [1.54, 1.807) is 4.90 Å². The smallest absolute Gasteiger partial charge is 0.245 e. The van der Waals surface area contributed by atoms with Crippen molar-refractivity contribution in [3.05, 3.63) is 42.0 Å². The Balaban J connectivity index is 1.87. The number of likely N-dealkylation sites (tertiary alicyclic amines) is 1. The zero-order valence-electron chi connectivity index (χ0n) is 16.3. The summed E-state index contributed by atoms with van der Waals surface area (Å²) < 4.78 is 5.93. The number of rotatable bonds is 6. The number of para-hydroxylation sites is 1. The molecule has 5 nitrogen and oxygen atoms in total. The molecule has 2 rings (SSSR count). The molecule has 1 heterocycles. The molecule has 1 fully saturated rings. The number of nitrogens with zero attached hydrogens (tertiary/aromatic N) is 1. The van der Waals surface area contributed by atoms with Crippen LogP contribution in [0.5, 0.6) is 5.75 Å². The third-order valence-electron chi connectivity index (χ3n) is 5.17. The van der Waals surface area contributed by atoms with Crippen LogP contribution in [-0.2, 0) is 9.59 Å². The van der Waals surface area contributed by atoms with Gasteiger partial charge in [-0.2, -0.15) is 0 Å². The summed E-state index contributed by atoms with van der Waals surface area (Å²) in [4.78, 5) is 26.2. The first-order valence-electron chi connectivity index (χ1n) is 9.18. The molecule has 5 heteroatoms. The van der Waals surface area contributed by atoms with E-state index in [9.17, 15) is 9.59 Å². The second kappa shape index (κ2) is 8.39. The summed E-state index contributed by atoms with van der Waals surface area (Å²) in [5.74, 6) is 0.847. The summed E-state index contributed by atoms with van der Waals surface area (Å²) in [7, 11) is 0. The van der Waals surface area contributed by atoms with Gasteiger partial charge in [0.25, 0.3) is 0 Å². The minimum Gasteiger partial charge on any atom is -0.491 e. The molecule has 0 radical (unpaired) electrons. The second-order valence-corrected chi connectivity index (χ2v) is 7.50. The van der Waals surface area contributed by atoms with Gasteiger partial charge in [0.2, 0.25) is 11.8 Å². The lowest BCUT2D eigenvalue weighted by Crippen LogP contribution is -2.51. The van der Waals surface area contributed by atoms with Crippen molar-refractivity contribution < 1.29 is 14.3 Å². The third-order valence-corrected chi connectivity index (χ3v) is 5.17. The number of carbonyl (C=O) groups excluding carboxylic acids is 2. The Labute approximate surface area is 156 Å². The predicted octanol–water partition coefficient (Wildman–Crippen LogP) is 3.00. The van der Waals surface area contributed by atoms with E-state index in [0.717, 1.165) is 16.9 Å². The van der Waals surface area contributed by atoms with E-state index < -0.39 is 5.41 Å². The lowest BCUT2D eigenvalue weighted by molar-refractivity contribution is -0.137. The van der Waals surface area contributed by atoms with Crippen molar-refractivity contribution >= 4 is 11.8 Å². The van der Waals surface area contributed by atoms with Gasteiger partial charge in [-0.3, -0.25) is 9.59 Å². The van der Waals surface area contributed by atoms with Crippen LogP contribution in [0, 0.1) is 19.3 Å². The van der Waals surface area contributed by atoms with Crippen LogP contribution in [0.2, 0.25) is 0 Å². The molecular weight excluding hydrogens is 328 g/mol. The molecule has 0 spiro atoms. The van der Waals surface area contributed by atoms with Crippen molar-refractivity contribution in [3.8, 4) is 5.75 Å². The molecule has 1 saturated heterocycles. The molecule has 0 bridgehead atoms. The lowest BCUT2D eigenvalue weighted by atomic mass is 9.79. The second-order valence-electron chi connectivity index (χ2n) is 7.50. The molecular formula is C21H30N2O3. The molecule has 2 amide bonds. The van der Waals surface area contributed by atoms with E-state index in [4.69, 9.17) is 4.74 Å². The molecule has 0 aliphatic carbocycles. The third kappa shape index (κ3) is 4.65. The molecule has 0 aromatic heterocycles. The normalized spacial score (nSPS) is 17.3.